The number of ketones is 1. The van der Waals surface area contributed by atoms with Gasteiger partial charge in [0.05, 0.1) is 0 Å². The summed E-state index contributed by atoms with van der Waals surface area (Å²) >= 11 is 1.35. The van der Waals surface area contributed by atoms with Gasteiger partial charge in [0, 0.05) is 30.6 Å². The molecule has 0 saturated carbocycles. The molecule has 1 fully saturated rings. The Bertz CT molecular complexity index is 537. The number of ether oxygens (including phenoxy) is 1. The standard InChI is InChI=1S/C17H26N2O3S/c1-5-12-6-8-19(16(21)22-17(2,3)4)13(10-12)11-14(20)15-18-7-9-23-15/h7,9,12-13H,5-6,8,10-11H2,1-4H3. The van der Waals surface area contributed by atoms with Crippen molar-refractivity contribution in [3.05, 3.63) is 16.6 Å². The lowest BCUT2D eigenvalue weighted by Gasteiger charge is -2.39. The maximum Gasteiger partial charge on any atom is 0.410 e. The smallest absolute Gasteiger partial charge is 0.410 e. The van der Waals surface area contributed by atoms with Gasteiger partial charge in [-0.05, 0) is 39.5 Å². The number of hydrogen-bond acceptors (Lipinski definition) is 5. The van der Waals surface area contributed by atoms with Crippen LogP contribution in [0.2, 0.25) is 0 Å². The Morgan fingerprint density at radius 3 is 2.74 bits per heavy atom. The number of aromatic nitrogens is 1. The highest BCUT2D eigenvalue weighted by Crippen LogP contribution is 2.29. The molecular weight excluding hydrogens is 312 g/mol. The van der Waals surface area contributed by atoms with Crippen LogP contribution in [0.25, 0.3) is 0 Å². The normalized spacial score (nSPS) is 22.0. The van der Waals surface area contributed by atoms with Crippen molar-refractivity contribution in [2.24, 2.45) is 5.92 Å². The third kappa shape index (κ3) is 5.03. The molecule has 128 valence electrons. The molecule has 23 heavy (non-hydrogen) atoms. The summed E-state index contributed by atoms with van der Waals surface area (Å²) in [6.07, 6.45) is 4.54. The average molecular weight is 338 g/mol. The minimum absolute atomic E-state index is 0.00955. The average Bonchev–Trinajstić information content (AvgIpc) is 2.99. The highest BCUT2D eigenvalue weighted by molar-refractivity contribution is 7.11. The Balaban J connectivity index is 2.08. The largest absolute Gasteiger partial charge is 0.444 e. The van der Waals surface area contributed by atoms with Crippen LogP contribution in [0, 0.1) is 5.92 Å². The Labute approximate surface area is 142 Å². The highest BCUT2D eigenvalue weighted by Gasteiger charge is 2.35. The van der Waals surface area contributed by atoms with Crippen LogP contribution in [0.15, 0.2) is 11.6 Å². The van der Waals surface area contributed by atoms with E-state index in [1.54, 1.807) is 16.5 Å². The number of hydrogen-bond donors (Lipinski definition) is 0. The summed E-state index contributed by atoms with van der Waals surface area (Å²) < 4.78 is 5.51. The zero-order chi connectivity index (χ0) is 17.0. The number of nitrogens with zero attached hydrogens (tertiary/aromatic N) is 2. The predicted molar refractivity (Wildman–Crippen MR) is 90.8 cm³/mol. The van der Waals surface area contributed by atoms with Crippen molar-refractivity contribution in [1.29, 1.82) is 0 Å². The van der Waals surface area contributed by atoms with Crippen LogP contribution in [0.3, 0.4) is 0 Å². The van der Waals surface area contributed by atoms with Gasteiger partial charge in [-0.3, -0.25) is 4.79 Å². The zero-order valence-corrected chi connectivity index (χ0v) is 15.2. The van der Waals surface area contributed by atoms with E-state index in [9.17, 15) is 9.59 Å². The van der Waals surface area contributed by atoms with Crippen molar-refractivity contribution in [2.45, 2.75) is 65.0 Å². The number of Topliss-reactive ketones (excluding diaryl/α,β-unsaturated/α-hetero) is 1. The second-order valence-electron chi connectivity index (χ2n) is 7.09. The molecule has 0 bridgehead atoms. The Kier molecular flexibility index (Phi) is 5.79. The first-order chi connectivity index (χ1) is 10.8. The fourth-order valence-corrected chi connectivity index (χ4v) is 3.51. The molecule has 2 atom stereocenters. The molecule has 1 aromatic heterocycles. The van der Waals surface area contributed by atoms with Gasteiger partial charge in [0.15, 0.2) is 10.8 Å². The van der Waals surface area contributed by atoms with Gasteiger partial charge in [0.2, 0.25) is 0 Å². The first kappa shape index (κ1) is 17.9. The number of carbonyl (C=O) groups excluding carboxylic acids is 2. The number of amides is 1. The van der Waals surface area contributed by atoms with Gasteiger partial charge in [0.1, 0.15) is 5.60 Å². The summed E-state index contributed by atoms with van der Waals surface area (Å²) in [5.41, 5.74) is -0.525. The minimum atomic E-state index is -0.525. The molecule has 0 aromatic carbocycles. The lowest BCUT2D eigenvalue weighted by atomic mass is 9.87. The molecule has 1 aliphatic rings. The molecule has 1 aromatic rings. The molecule has 0 N–H and O–H groups in total. The van der Waals surface area contributed by atoms with Gasteiger partial charge in [-0.25, -0.2) is 9.78 Å². The van der Waals surface area contributed by atoms with Gasteiger partial charge in [-0.1, -0.05) is 13.3 Å². The summed E-state index contributed by atoms with van der Waals surface area (Å²) in [4.78, 5) is 30.7. The molecule has 6 heteroatoms. The lowest BCUT2D eigenvalue weighted by Crippen LogP contribution is -2.48. The van der Waals surface area contributed by atoms with Gasteiger partial charge < -0.3 is 9.64 Å². The first-order valence-electron chi connectivity index (χ1n) is 8.22. The topological polar surface area (TPSA) is 59.5 Å². The van der Waals surface area contributed by atoms with E-state index in [4.69, 9.17) is 4.74 Å². The maximum absolute atomic E-state index is 12.5. The molecule has 0 spiro atoms. The maximum atomic E-state index is 12.5. The van der Waals surface area contributed by atoms with Crippen LogP contribution in [-0.4, -0.2) is 39.9 Å². The highest BCUT2D eigenvalue weighted by atomic mass is 32.1. The van der Waals surface area contributed by atoms with Crippen LogP contribution >= 0.6 is 11.3 Å². The van der Waals surface area contributed by atoms with Gasteiger partial charge in [-0.15, -0.1) is 11.3 Å². The second-order valence-corrected chi connectivity index (χ2v) is 7.99. The number of rotatable bonds is 4. The lowest BCUT2D eigenvalue weighted by molar-refractivity contribution is 0.00397. The van der Waals surface area contributed by atoms with E-state index in [-0.39, 0.29) is 17.9 Å². The number of thiazole rings is 1. The number of piperidine rings is 1. The zero-order valence-electron chi connectivity index (χ0n) is 14.4. The summed E-state index contributed by atoms with van der Waals surface area (Å²) in [7, 11) is 0. The fourth-order valence-electron chi connectivity index (χ4n) is 2.92. The molecular formula is C17H26N2O3S. The van der Waals surface area contributed by atoms with Crippen LogP contribution < -0.4 is 0 Å². The van der Waals surface area contributed by atoms with E-state index in [0.29, 0.717) is 23.9 Å². The monoisotopic (exact) mass is 338 g/mol. The van der Waals surface area contributed by atoms with Crippen LogP contribution in [-0.2, 0) is 4.74 Å². The molecule has 2 heterocycles. The Morgan fingerprint density at radius 2 is 2.17 bits per heavy atom. The van der Waals surface area contributed by atoms with Crippen LogP contribution in [0.4, 0.5) is 4.79 Å². The van der Waals surface area contributed by atoms with Crippen LogP contribution in [0.5, 0.6) is 0 Å². The Hall–Kier alpha value is -1.43. The van der Waals surface area contributed by atoms with Crippen molar-refractivity contribution in [3.63, 3.8) is 0 Å². The van der Waals surface area contributed by atoms with Gasteiger partial charge in [0.25, 0.3) is 0 Å². The molecule has 1 amide bonds. The molecule has 5 nitrogen and oxygen atoms in total. The molecule has 1 aliphatic heterocycles. The van der Waals surface area contributed by atoms with E-state index in [0.717, 1.165) is 19.3 Å². The van der Waals surface area contributed by atoms with Gasteiger partial charge in [-0.2, -0.15) is 0 Å². The second kappa shape index (κ2) is 7.43. The van der Waals surface area contributed by atoms with Crippen molar-refractivity contribution < 1.29 is 14.3 Å². The SMILES string of the molecule is CCC1CCN(C(=O)OC(C)(C)C)C(CC(=O)c2nccs2)C1. The molecule has 0 aliphatic carbocycles. The molecule has 2 unspecified atom stereocenters. The third-order valence-corrected chi connectivity index (χ3v) is 4.94. The molecule has 0 radical (unpaired) electrons. The van der Waals surface area contributed by atoms with E-state index in [1.807, 2.05) is 20.8 Å². The summed E-state index contributed by atoms with van der Waals surface area (Å²) in [5.74, 6) is 0.568. The van der Waals surface area contributed by atoms with Crippen molar-refractivity contribution in [2.75, 3.05) is 6.54 Å². The van der Waals surface area contributed by atoms with E-state index in [2.05, 4.69) is 11.9 Å². The molecule has 1 saturated heterocycles. The third-order valence-electron chi connectivity index (χ3n) is 4.12. The van der Waals surface area contributed by atoms with E-state index >= 15 is 0 Å². The minimum Gasteiger partial charge on any atom is -0.444 e. The van der Waals surface area contributed by atoms with Crippen molar-refractivity contribution in [3.8, 4) is 0 Å². The van der Waals surface area contributed by atoms with Crippen molar-refractivity contribution in [1.82, 2.24) is 9.88 Å². The summed E-state index contributed by atoms with van der Waals surface area (Å²) in [6, 6.07) is -0.0973. The van der Waals surface area contributed by atoms with Gasteiger partial charge >= 0.3 is 6.09 Å². The first-order valence-corrected chi connectivity index (χ1v) is 9.10. The van der Waals surface area contributed by atoms with Crippen LogP contribution in [0.1, 0.15) is 63.2 Å². The summed E-state index contributed by atoms with van der Waals surface area (Å²) in [6.45, 7) is 8.40. The quantitative estimate of drug-likeness (QED) is 0.774. The number of likely N-dealkylation sites (tertiary alicyclic amines) is 1. The Morgan fingerprint density at radius 1 is 1.43 bits per heavy atom. The fraction of sp³-hybridized carbons (Fsp3) is 0.706. The molecule has 2 rings (SSSR count). The number of carbonyl (C=O) groups is 2. The van der Waals surface area contributed by atoms with E-state index in [1.165, 1.54) is 11.3 Å². The van der Waals surface area contributed by atoms with Crippen molar-refractivity contribution >= 4 is 23.2 Å². The summed E-state index contributed by atoms with van der Waals surface area (Å²) in [5, 5.41) is 2.32. The van der Waals surface area contributed by atoms with E-state index < -0.39 is 5.60 Å². The predicted octanol–water partition coefficient (Wildman–Crippen LogP) is 4.14.